The highest BCUT2D eigenvalue weighted by atomic mass is 16.7. The zero-order chi connectivity index (χ0) is 14.0. The Morgan fingerprint density at radius 3 is 2.06 bits per heavy atom. The standard InChI is InChI=1S/C15H32N2O/c1-7-9-13(8-2)18-17-14(3,4)10-12(16)11-15(17,5)6/h12-13H,7-11,16H2,1-6H3. The van der Waals surface area contributed by atoms with Gasteiger partial charge in [-0.2, -0.15) is 5.06 Å². The topological polar surface area (TPSA) is 38.5 Å². The summed E-state index contributed by atoms with van der Waals surface area (Å²) in [5.74, 6) is 0. The van der Waals surface area contributed by atoms with Crippen LogP contribution in [-0.2, 0) is 4.84 Å². The van der Waals surface area contributed by atoms with Gasteiger partial charge in [-0.05, 0) is 53.4 Å². The molecule has 0 spiro atoms. The van der Waals surface area contributed by atoms with Crippen LogP contribution in [-0.4, -0.2) is 28.3 Å². The van der Waals surface area contributed by atoms with E-state index in [4.69, 9.17) is 10.6 Å². The molecule has 1 aliphatic rings. The fourth-order valence-electron chi connectivity index (χ4n) is 3.43. The maximum atomic E-state index is 6.34. The first-order chi connectivity index (χ1) is 8.23. The van der Waals surface area contributed by atoms with Gasteiger partial charge in [0, 0.05) is 17.1 Å². The number of hydrogen-bond acceptors (Lipinski definition) is 3. The molecule has 1 rings (SSSR count). The second kappa shape index (κ2) is 5.89. The first kappa shape index (κ1) is 15.9. The average Bonchev–Trinajstić information content (AvgIpc) is 2.19. The van der Waals surface area contributed by atoms with Crippen LogP contribution < -0.4 is 5.73 Å². The molecule has 0 aromatic heterocycles. The highest BCUT2D eigenvalue weighted by molar-refractivity contribution is 4.98. The van der Waals surface area contributed by atoms with Gasteiger partial charge in [0.25, 0.3) is 0 Å². The lowest BCUT2D eigenvalue weighted by Gasteiger charge is -2.54. The van der Waals surface area contributed by atoms with Crippen molar-refractivity contribution in [1.82, 2.24) is 5.06 Å². The summed E-state index contributed by atoms with van der Waals surface area (Å²) in [6.45, 7) is 13.4. The zero-order valence-electron chi connectivity index (χ0n) is 13.1. The van der Waals surface area contributed by atoms with Gasteiger partial charge in [0.15, 0.2) is 0 Å². The normalized spacial score (nSPS) is 26.2. The van der Waals surface area contributed by atoms with Crippen molar-refractivity contribution < 1.29 is 4.84 Å². The van der Waals surface area contributed by atoms with Crippen molar-refractivity contribution in [2.75, 3.05) is 0 Å². The minimum absolute atomic E-state index is 0.0162. The summed E-state index contributed by atoms with van der Waals surface area (Å²) < 4.78 is 0. The Balaban J connectivity index is 2.81. The lowest BCUT2D eigenvalue weighted by Crippen LogP contribution is -2.63. The lowest BCUT2D eigenvalue weighted by molar-refractivity contribution is -0.307. The van der Waals surface area contributed by atoms with Crippen molar-refractivity contribution in [3.8, 4) is 0 Å². The van der Waals surface area contributed by atoms with Gasteiger partial charge in [-0.1, -0.05) is 20.3 Å². The number of nitrogens with two attached hydrogens (primary N) is 1. The Morgan fingerprint density at radius 1 is 1.17 bits per heavy atom. The van der Waals surface area contributed by atoms with E-state index in [1.54, 1.807) is 0 Å². The molecule has 0 radical (unpaired) electrons. The Morgan fingerprint density at radius 2 is 1.67 bits per heavy atom. The van der Waals surface area contributed by atoms with E-state index in [2.05, 4.69) is 46.6 Å². The smallest absolute Gasteiger partial charge is 0.0791 e. The molecule has 0 saturated carbocycles. The minimum atomic E-state index is 0.0162. The predicted octanol–water partition coefficient (Wildman–Crippen LogP) is 3.48. The Hall–Kier alpha value is -0.120. The predicted molar refractivity (Wildman–Crippen MR) is 77.3 cm³/mol. The third-order valence-electron chi connectivity index (χ3n) is 3.94. The molecule has 3 nitrogen and oxygen atoms in total. The third kappa shape index (κ3) is 3.69. The summed E-state index contributed by atoms with van der Waals surface area (Å²) in [6, 6.07) is 0.279. The third-order valence-corrected chi connectivity index (χ3v) is 3.94. The van der Waals surface area contributed by atoms with Gasteiger partial charge >= 0.3 is 0 Å². The van der Waals surface area contributed by atoms with Crippen LogP contribution >= 0.6 is 0 Å². The van der Waals surface area contributed by atoms with Gasteiger partial charge < -0.3 is 5.73 Å². The number of piperidine rings is 1. The molecule has 0 bridgehead atoms. The van der Waals surface area contributed by atoms with E-state index in [0.29, 0.717) is 6.10 Å². The molecule has 1 fully saturated rings. The van der Waals surface area contributed by atoms with E-state index in [1.807, 2.05) is 0 Å². The summed E-state index contributed by atoms with van der Waals surface area (Å²) in [7, 11) is 0. The molecule has 1 unspecified atom stereocenters. The molecule has 0 aliphatic carbocycles. The van der Waals surface area contributed by atoms with Gasteiger partial charge in [-0.15, -0.1) is 0 Å². The van der Waals surface area contributed by atoms with Gasteiger partial charge in [0.1, 0.15) is 0 Å². The van der Waals surface area contributed by atoms with E-state index in [9.17, 15) is 0 Å². The largest absolute Gasteiger partial charge is 0.328 e. The Labute approximate surface area is 113 Å². The summed E-state index contributed by atoms with van der Waals surface area (Å²) in [5.41, 5.74) is 6.22. The van der Waals surface area contributed by atoms with Crippen LogP contribution in [0.2, 0.25) is 0 Å². The maximum absolute atomic E-state index is 6.34. The quantitative estimate of drug-likeness (QED) is 0.818. The van der Waals surface area contributed by atoms with E-state index in [0.717, 1.165) is 25.7 Å². The molecule has 1 heterocycles. The van der Waals surface area contributed by atoms with Gasteiger partial charge in [-0.25, -0.2) is 0 Å². The Bertz CT molecular complexity index is 245. The second-order valence-electron chi connectivity index (χ2n) is 7.01. The van der Waals surface area contributed by atoms with Crippen LogP contribution in [0.1, 0.15) is 73.6 Å². The number of nitrogens with zero attached hydrogens (tertiary/aromatic N) is 1. The highest BCUT2D eigenvalue weighted by Gasteiger charge is 2.46. The Kier molecular flexibility index (Phi) is 5.22. The number of rotatable bonds is 5. The zero-order valence-corrected chi connectivity index (χ0v) is 13.1. The molecule has 3 heteroatoms. The molecule has 1 aliphatic heterocycles. The minimum Gasteiger partial charge on any atom is -0.328 e. The fraction of sp³-hybridized carbons (Fsp3) is 1.00. The molecule has 18 heavy (non-hydrogen) atoms. The molecular weight excluding hydrogens is 224 g/mol. The van der Waals surface area contributed by atoms with Crippen LogP contribution in [0, 0.1) is 0 Å². The van der Waals surface area contributed by atoms with E-state index in [-0.39, 0.29) is 17.1 Å². The first-order valence-electron chi connectivity index (χ1n) is 7.45. The number of hydroxylamine groups is 2. The summed E-state index contributed by atoms with van der Waals surface area (Å²) in [4.78, 5) is 6.34. The van der Waals surface area contributed by atoms with Crippen molar-refractivity contribution in [2.45, 2.75) is 96.9 Å². The molecule has 0 amide bonds. The first-order valence-corrected chi connectivity index (χ1v) is 7.45. The molecule has 1 saturated heterocycles. The average molecular weight is 256 g/mol. The maximum Gasteiger partial charge on any atom is 0.0791 e. The van der Waals surface area contributed by atoms with Crippen LogP contribution in [0.25, 0.3) is 0 Å². The van der Waals surface area contributed by atoms with Gasteiger partial charge in [0.2, 0.25) is 0 Å². The highest BCUT2D eigenvalue weighted by Crippen LogP contribution is 2.38. The van der Waals surface area contributed by atoms with Gasteiger partial charge in [-0.3, -0.25) is 4.84 Å². The molecule has 0 aromatic rings. The number of hydrogen-bond donors (Lipinski definition) is 1. The van der Waals surface area contributed by atoms with Crippen molar-refractivity contribution in [1.29, 1.82) is 0 Å². The fourth-order valence-corrected chi connectivity index (χ4v) is 3.43. The monoisotopic (exact) mass is 256 g/mol. The van der Waals surface area contributed by atoms with Crippen LogP contribution in [0.5, 0.6) is 0 Å². The second-order valence-corrected chi connectivity index (χ2v) is 7.01. The lowest BCUT2D eigenvalue weighted by atomic mass is 9.79. The van der Waals surface area contributed by atoms with Gasteiger partial charge in [0.05, 0.1) is 6.10 Å². The molecule has 1 atom stereocenters. The van der Waals surface area contributed by atoms with E-state index in [1.165, 1.54) is 6.42 Å². The van der Waals surface area contributed by atoms with Crippen molar-refractivity contribution in [3.05, 3.63) is 0 Å². The summed E-state index contributed by atoms with van der Waals surface area (Å²) in [5, 5.41) is 2.23. The van der Waals surface area contributed by atoms with Crippen LogP contribution in [0.15, 0.2) is 0 Å². The SMILES string of the molecule is CCCC(CC)ON1C(C)(C)CC(N)CC1(C)C. The molecule has 108 valence electrons. The molecule has 2 N–H and O–H groups in total. The van der Waals surface area contributed by atoms with Crippen molar-refractivity contribution in [2.24, 2.45) is 5.73 Å². The summed E-state index contributed by atoms with van der Waals surface area (Å²) >= 11 is 0. The van der Waals surface area contributed by atoms with Crippen LogP contribution in [0.3, 0.4) is 0 Å². The van der Waals surface area contributed by atoms with Crippen LogP contribution in [0.4, 0.5) is 0 Å². The molecule has 0 aromatic carbocycles. The van der Waals surface area contributed by atoms with E-state index < -0.39 is 0 Å². The van der Waals surface area contributed by atoms with Crippen molar-refractivity contribution in [3.63, 3.8) is 0 Å². The summed E-state index contributed by atoms with van der Waals surface area (Å²) in [6.07, 6.45) is 5.71. The molecular formula is C15H32N2O. The van der Waals surface area contributed by atoms with Crippen molar-refractivity contribution >= 4 is 0 Å². The van der Waals surface area contributed by atoms with E-state index >= 15 is 0 Å².